The van der Waals surface area contributed by atoms with Crippen LogP contribution in [0.4, 0.5) is 4.39 Å². The quantitative estimate of drug-likeness (QED) is 0.654. The van der Waals surface area contributed by atoms with Crippen molar-refractivity contribution < 1.29 is 9.18 Å². The van der Waals surface area contributed by atoms with Crippen LogP contribution in [0.2, 0.25) is 0 Å². The van der Waals surface area contributed by atoms with Crippen molar-refractivity contribution in [2.24, 2.45) is 4.99 Å². The Balaban J connectivity index is 2.24. The number of terminal acetylenes is 1. The number of nitrogens with zero attached hydrogens (tertiary/aromatic N) is 2. The first-order chi connectivity index (χ1) is 11.5. The number of halogens is 1. The van der Waals surface area contributed by atoms with Gasteiger partial charge >= 0.3 is 0 Å². The maximum absolute atomic E-state index is 13.8. The monoisotopic (exact) mass is 338 g/mol. The van der Waals surface area contributed by atoms with Gasteiger partial charge < -0.3 is 4.57 Å². The molecule has 1 amide bonds. The zero-order valence-electron chi connectivity index (χ0n) is 13.3. The molecule has 0 aliphatic rings. The number of aryl methyl sites for hydroxylation is 2. The van der Waals surface area contributed by atoms with E-state index < -0.39 is 11.7 Å². The van der Waals surface area contributed by atoms with Gasteiger partial charge in [-0.25, -0.2) is 4.39 Å². The Hall–Kier alpha value is -2.71. The Bertz CT molecular complexity index is 1050. The molecule has 2 aromatic carbocycles. The minimum absolute atomic E-state index is 0.0462. The number of carbonyl (C=O) groups is 1. The molecule has 120 valence electrons. The molecule has 0 bridgehead atoms. The predicted molar refractivity (Wildman–Crippen MR) is 94.4 cm³/mol. The fraction of sp³-hybridized carbons (Fsp3) is 0.158. The van der Waals surface area contributed by atoms with Gasteiger partial charge in [0.15, 0.2) is 4.80 Å². The number of amides is 1. The highest BCUT2D eigenvalue weighted by Gasteiger charge is 2.13. The number of hydrogen-bond donors (Lipinski definition) is 0. The topological polar surface area (TPSA) is 34.4 Å². The van der Waals surface area contributed by atoms with Crippen molar-refractivity contribution in [2.45, 2.75) is 20.4 Å². The van der Waals surface area contributed by atoms with Crippen molar-refractivity contribution in [1.29, 1.82) is 0 Å². The lowest BCUT2D eigenvalue weighted by Gasteiger charge is -2.04. The third kappa shape index (κ3) is 2.89. The average Bonchev–Trinajstić information content (AvgIpc) is 2.85. The third-order valence-electron chi connectivity index (χ3n) is 3.66. The third-order valence-corrected chi connectivity index (χ3v) is 4.69. The van der Waals surface area contributed by atoms with Crippen LogP contribution in [0.15, 0.2) is 41.4 Å². The van der Waals surface area contributed by atoms with Gasteiger partial charge in [0.25, 0.3) is 5.91 Å². The molecule has 0 fully saturated rings. The number of rotatable bonds is 2. The molecule has 0 radical (unpaired) electrons. The minimum atomic E-state index is -0.611. The van der Waals surface area contributed by atoms with Gasteiger partial charge in [0.2, 0.25) is 0 Å². The first kappa shape index (κ1) is 16.2. The van der Waals surface area contributed by atoms with E-state index in [9.17, 15) is 9.18 Å². The smallest absolute Gasteiger partial charge is 0.282 e. The highest BCUT2D eigenvalue weighted by Crippen LogP contribution is 2.23. The summed E-state index contributed by atoms with van der Waals surface area (Å²) >= 11 is 1.38. The van der Waals surface area contributed by atoms with E-state index in [0.29, 0.717) is 11.3 Å². The van der Waals surface area contributed by atoms with Crippen LogP contribution in [0, 0.1) is 32.0 Å². The van der Waals surface area contributed by atoms with Crippen LogP contribution in [0.25, 0.3) is 10.2 Å². The summed E-state index contributed by atoms with van der Waals surface area (Å²) in [5.41, 5.74) is 3.11. The molecular weight excluding hydrogens is 323 g/mol. The van der Waals surface area contributed by atoms with Crippen molar-refractivity contribution in [2.75, 3.05) is 0 Å². The molecule has 5 heteroatoms. The zero-order chi connectivity index (χ0) is 17.3. The van der Waals surface area contributed by atoms with Gasteiger partial charge in [-0.15, -0.1) is 6.42 Å². The number of aromatic nitrogens is 1. The molecule has 0 aliphatic heterocycles. The van der Waals surface area contributed by atoms with Crippen molar-refractivity contribution in [1.82, 2.24) is 4.57 Å². The van der Waals surface area contributed by atoms with Gasteiger partial charge in [0.1, 0.15) is 5.82 Å². The van der Waals surface area contributed by atoms with Gasteiger partial charge in [0.05, 0.1) is 22.3 Å². The second kappa shape index (κ2) is 6.42. The highest BCUT2D eigenvalue weighted by molar-refractivity contribution is 7.16. The fourth-order valence-electron chi connectivity index (χ4n) is 2.70. The van der Waals surface area contributed by atoms with Crippen LogP contribution in [0.1, 0.15) is 21.5 Å². The van der Waals surface area contributed by atoms with Gasteiger partial charge in [-0.3, -0.25) is 4.79 Å². The Morgan fingerprint density at radius 1 is 1.33 bits per heavy atom. The highest BCUT2D eigenvalue weighted by atomic mass is 32.1. The molecule has 24 heavy (non-hydrogen) atoms. The van der Waals surface area contributed by atoms with Gasteiger partial charge in [-0.1, -0.05) is 35.5 Å². The largest absolute Gasteiger partial charge is 0.304 e. The summed E-state index contributed by atoms with van der Waals surface area (Å²) in [5, 5.41) is 0. The Morgan fingerprint density at radius 3 is 2.79 bits per heavy atom. The standard InChI is InChI=1S/C19H15FN2OS/c1-4-9-22-17-13(3)10-12(2)11-16(17)24-19(22)21-18(23)14-7-5-6-8-15(14)20/h1,5-8,10-11H,9H2,2-3H3. The lowest BCUT2D eigenvalue weighted by Crippen LogP contribution is -2.17. The summed E-state index contributed by atoms with van der Waals surface area (Å²) in [5.74, 6) is 1.40. The second-order valence-electron chi connectivity index (χ2n) is 5.50. The molecule has 3 rings (SSSR count). The summed E-state index contributed by atoms with van der Waals surface area (Å²) in [6.07, 6.45) is 5.47. The predicted octanol–water partition coefficient (Wildman–Crippen LogP) is 3.83. The Kier molecular flexibility index (Phi) is 4.32. The van der Waals surface area contributed by atoms with E-state index in [1.807, 2.05) is 24.5 Å². The first-order valence-corrected chi connectivity index (χ1v) is 8.20. The molecule has 0 unspecified atom stereocenters. The number of benzene rings is 2. The molecule has 3 aromatic rings. The van der Waals surface area contributed by atoms with Crippen molar-refractivity contribution in [3.8, 4) is 12.3 Å². The van der Waals surface area contributed by atoms with Crippen LogP contribution in [0.5, 0.6) is 0 Å². The summed E-state index contributed by atoms with van der Waals surface area (Å²) in [6.45, 7) is 4.31. The first-order valence-electron chi connectivity index (χ1n) is 7.39. The van der Waals surface area contributed by atoms with Crippen LogP contribution in [-0.2, 0) is 6.54 Å². The molecule has 0 saturated carbocycles. The molecule has 0 atom stereocenters. The maximum Gasteiger partial charge on any atom is 0.282 e. The number of thiazole rings is 1. The average molecular weight is 338 g/mol. The molecule has 0 N–H and O–H groups in total. The summed E-state index contributed by atoms with van der Waals surface area (Å²) in [6, 6.07) is 9.92. The van der Waals surface area contributed by atoms with Crippen LogP contribution in [-0.4, -0.2) is 10.5 Å². The van der Waals surface area contributed by atoms with Crippen molar-refractivity contribution in [3.05, 3.63) is 63.7 Å². The summed E-state index contributed by atoms with van der Waals surface area (Å²) < 4.78 is 16.6. The molecular formula is C19H15FN2OS. The van der Waals surface area contributed by atoms with E-state index in [4.69, 9.17) is 6.42 Å². The lowest BCUT2D eigenvalue weighted by atomic mass is 10.1. The van der Waals surface area contributed by atoms with Gasteiger partial charge in [-0.05, 0) is 43.2 Å². The SMILES string of the molecule is C#CCn1c(=NC(=O)c2ccccc2F)sc2cc(C)cc(C)c21. The van der Waals surface area contributed by atoms with E-state index >= 15 is 0 Å². The number of hydrogen-bond acceptors (Lipinski definition) is 2. The summed E-state index contributed by atoms with van der Waals surface area (Å²) in [4.78, 5) is 17.0. The zero-order valence-corrected chi connectivity index (χ0v) is 14.2. The van der Waals surface area contributed by atoms with Gasteiger partial charge in [-0.2, -0.15) is 4.99 Å². The number of carbonyl (C=O) groups excluding carboxylic acids is 1. The maximum atomic E-state index is 13.8. The van der Waals surface area contributed by atoms with Crippen molar-refractivity contribution in [3.63, 3.8) is 0 Å². The lowest BCUT2D eigenvalue weighted by molar-refractivity contribution is 0.0994. The van der Waals surface area contributed by atoms with Crippen LogP contribution >= 0.6 is 11.3 Å². The second-order valence-corrected chi connectivity index (χ2v) is 6.51. The minimum Gasteiger partial charge on any atom is -0.304 e. The van der Waals surface area contributed by atoms with E-state index in [0.717, 1.165) is 21.3 Å². The molecule has 0 saturated heterocycles. The van der Waals surface area contributed by atoms with Gasteiger partial charge in [0, 0.05) is 0 Å². The number of fused-ring (bicyclic) bond motifs is 1. The molecule has 3 nitrogen and oxygen atoms in total. The van der Waals surface area contributed by atoms with Crippen LogP contribution in [0.3, 0.4) is 0 Å². The van der Waals surface area contributed by atoms with E-state index in [-0.39, 0.29) is 5.56 Å². The normalized spacial score (nSPS) is 11.7. The van der Waals surface area contributed by atoms with Crippen molar-refractivity contribution >= 4 is 27.5 Å². The van der Waals surface area contributed by atoms with E-state index in [2.05, 4.69) is 17.0 Å². The molecule has 0 aliphatic carbocycles. The summed E-state index contributed by atoms with van der Waals surface area (Å²) in [7, 11) is 0. The van der Waals surface area contributed by atoms with E-state index in [1.165, 1.54) is 29.5 Å². The Labute approximate surface area is 143 Å². The van der Waals surface area contributed by atoms with Crippen LogP contribution < -0.4 is 4.80 Å². The molecule has 0 spiro atoms. The molecule has 1 aromatic heterocycles. The van der Waals surface area contributed by atoms with E-state index in [1.54, 1.807) is 6.07 Å². The molecule has 1 heterocycles. The fourth-order valence-corrected chi connectivity index (χ4v) is 3.90. The Morgan fingerprint density at radius 2 is 2.08 bits per heavy atom.